The first-order chi connectivity index (χ1) is 14.2. The zero-order valence-electron chi connectivity index (χ0n) is 17.4. The minimum Gasteiger partial charge on any atom is -0.490 e. The molecule has 2 aromatic carbocycles. The highest BCUT2D eigenvalue weighted by Crippen LogP contribution is 2.23. The number of hydrogen-bond acceptors (Lipinski definition) is 3. The lowest BCUT2D eigenvalue weighted by Crippen LogP contribution is -2.39. The molecule has 0 N–H and O–H groups in total. The highest BCUT2D eigenvalue weighted by Gasteiger charge is 2.26. The zero-order valence-corrected chi connectivity index (χ0v) is 17.4. The van der Waals surface area contributed by atoms with Crippen LogP contribution in [0.25, 0.3) is 0 Å². The van der Waals surface area contributed by atoms with Crippen LogP contribution in [0.4, 0.5) is 0 Å². The summed E-state index contributed by atoms with van der Waals surface area (Å²) in [5.74, 6) is 1.02. The molecule has 2 saturated heterocycles. The fourth-order valence-corrected chi connectivity index (χ4v) is 4.45. The molecular weight excluding hydrogens is 360 g/mol. The number of carbonyl (C=O) groups is 1. The Kier molecular flexibility index (Phi) is 6.50. The van der Waals surface area contributed by atoms with Crippen LogP contribution < -0.4 is 4.74 Å². The quantitative estimate of drug-likeness (QED) is 0.731. The van der Waals surface area contributed by atoms with Gasteiger partial charge in [-0.3, -0.25) is 4.79 Å². The summed E-state index contributed by atoms with van der Waals surface area (Å²) in [5.41, 5.74) is 2.17. The molecule has 2 aliphatic heterocycles. The lowest BCUT2D eigenvalue weighted by molar-refractivity contribution is 0.0747. The fraction of sp³-hybridized carbons (Fsp3) is 0.480. The standard InChI is InChI=1S/C25H32N2O2/c1-20-6-5-16-27(20)25(28)22-9-11-23(12-10-22)29-24-14-18-26(19-15-24)17-13-21-7-3-2-4-8-21/h2-4,7-12,20,24H,5-6,13-19H2,1H3. The van der Waals surface area contributed by atoms with Crippen molar-refractivity contribution in [2.75, 3.05) is 26.2 Å². The number of hydrogen-bond donors (Lipinski definition) is 0. The Labute approximate surface area is 174 Å². The molecule has 4 heteroatoms. The topological polar surface area (TPSA) is 32.8 Å². The number of ether oxygens (including phenoxy) is 1. The van der Waals surface area contributed by atoms with Gasteiger partial charge in [-0.1, -0.05) is 30.3 Å². The zero-order chi connectivity index (χ0) is 20.1. The lowest BCUT2D eigenvalue weighted by Gasteiger charge is -2.32. The van der Waals surface area contributed by atoms with Gasteiger partial charge >= 0.3 is 0 Å². The first kappa shape index (κ1) is 20.0. The monoisotopic (exact) mass is 392 g/mol. The largest absolute Gasteiger partial charge is 0.490 e. The highest BCUT2D eigenvalue weighted by atomic mass is 16.5. The highest BCUT2D eigenvalue weighted by molar-refractivity contribution is 5.94. The van der Waals surface area contributed by atoms with Crippen molar-refractivity contribution in [2.24, 2.45) is 0 Å². The van der Waals surface area contributed by atoms with Crippen LogP contribution in [0.3, 0.4) is 0 Å². The summed E-state index contributed by atoms with van der Waals surface area (Å²) < 4.78 is 6.20. The van der Waals surface area contributed by atoms with Gasteiger partial charge in [0.05, 0.1) is 0 Å². The van der Waals surface area contributed by atoms with E-state index in [0.29, 0.717) is 6.04 Å². The number of likely N-dealkylation sites (tertiary alicyclic amines) is 2. The molecule has 0 aliphatic carbocycles. The van der Waals surface area contributed by atoms with E-state index in [0.717, 1.165) is 69.6 Å². The molecule has 0 radical (unpaired) electrons. The van der Waals surface area contributed by atoms with Gasteiger partial charge in [-0.25, -0.2) is 0 Å². The normalized spacial score (nSPS) is 20.7. The fourth-order valence-electron chi connectivity index (χ4n) is 4.45. The third kappa shape index (κ3) is 5.18. The molecule has 2 heterocycles. The molecule has 4 rings (SSSR count). The van der Waals surface area contributed by atoms with E-state index in [1.165, 1.54) is 5.56 Å². The molecule has 2 aliphatic rings. The lowest BCUT2D eigenvalue weighted by atomic mass is 10.1. The van der Waals surface area contributed by atoms with Crippen LogP contribution in [0.2, 0.25) is 0 Å². The van der Waals surface area contributed by atoms with Crippen LogP contribution in [0, 0.1) is 0 Å². The smallest absolute Gasteiger partial charge is 0.254 e. The van der Waals surface area contributed by atoms with E-state index in [-0.39, 0.29) is 12.0 Å². The molecule has 1 atom stereocenters. The van der Waals surface area contributed by atoms with Gasteiger partial charge in [0.15, 0.2) is 0 Å². The average Bonchev–Trinajstić information content (AvgIpc) is 3.20. The second-order valence-electron chi connectivity index (χ2n) is 8.41. The number of rotatable bonds is 6. The average molecular weight is 393 g/mol. The number of amides is 1. The van der Waals surface area contributed by atoms with Gasteiger partial charge < -0.3 is 14.5 Å². The minimum atomic E-state index is 0.147. The van der Waals surface area contributed by atoms with Gasteiger partial charge in [0.2, 0.25) is 0 Å². The van der Waals surface area contributed by atoms with Gasteiger partial charge in [-0.2, -0.15) is 0 Å². The van der Waals surface area contributed by atoms with Crippen LogP contribution in [0.15, 0.2) is 54.6 Å². The Bertz CT molecular complexity index is 782. The van der Waals surface area contributed by atoms with Crippen LogP contribution in [0.1, 0.15) is 48.5 Å². The second kappa shape index (κ2) is 9.45. The molecular formula is C25H32N2O2. The molecule has 154 valence electrons. The molecule has 2 aromatic rings. The van der Waals surface area contributed by atoms with Gasteiger partial charge in [0, 0.05) is 37.8 Å². The predicted molar refractivity (Wildman–Crippen MR) is 116 cm³/mol. The van der Waals surface area contributed by atoms with Crippen molar-refractivity contribution in [3.05, 3.63) is 65.7 Å². The van der Waals surface area contributed by atoms with E-state index in [9.17, 15) is 4.79 Å². The van der Waals surface area contributed by atoms with E-state index in [2.05, 4.69) is 42.2 Å². The van der Waals surface area contributed by atoms with Crippen LogP contribution in [-0.4, -0.2) is 54.0 Å². The van der Waals surface area contributed by atoms with Crippen molar-refractivity contribution in [2.45, 2.75) is 51.2 Å². The molecule has 4 nitrogen and oxygen atoms in total. The molecule has 1 amide bonds. The maximum Gasteiger partial charge on any atom is 0.254 e. The summed E-state index contributed by atoms with van der Waals surface area (Å²) >= 11 is 0. The Morgan fingerprint density at radius 3 is 2.34 bits per heavy atom. The summed E-state index contributed by atoms with van der Waals surface area (Å²) in [7, 11) is 0. The second-order valence-corrected chi connectivity index (χ2v) is 8.41. The van der Waals surface area contributed by atoms with E-state index >= 15 is 0 Å². The Hall–Kier alpha value is -2.33. The molecule has 0 spiro atoms. The Morgan fingerprint density at radius 1 is 0.966 bits per heavy atom. The molecule has 1 unspecified atom stereocenters. The van der Waals surface area contributed by atoms with Crippen molar-refractivity contribution in [1.82, 2.24) is 9.80 Å². The van der Waals surface area contributed by atoms with Crippen LogP contribution in [-0.2, 0) is 6.42 Å². The van der Waals surface area contributed by atoms with Gasteiger partial charge in [-0.15, -0.1) is 0 Å². The molecule has 0 aromatic heterocycles. The summed E-state index contributed by atoms with van der Waals surface area (Å²) in [4.78, 5) is 17.2. The number of piperidine rings is 1. The minimum absolute atomic E-state index is 0.147. The number of carbonyl (C=O) groups excluding carboxylic acids is 1. The van der Waals surface area contributed by atoms with E-state index in [1.54, 1.807) is 0 Å². The van der Waals surface area contributed by atoms with E-state index < -0.39 is 0 Å². The Morgan fingerprint density at radius 2 is 1.69 bits per heavy atom. The number of benzene rings is 2. The first-order valence-electron chi connectivity index (χ1n) is 11.0. The maximum absolute atomic E-state index is 12.6. The van der Waals surface area contributed by atoms with E-state index in [1.807, 2.05) is 29.2 Å². The van der Waals surface area contributed by atoms with Crippen LogP contribution >= 0.6 is 0 Å². The predicted octanol–water partition coefficient (Wildman–Crippen LogP) is 4.40. The number of nitrogens with zero attached hydrogens (tertiary/aromatic N) is 2. The Balaban J connectivity index is 1.22. The van der Waals surface area contributed by atoms with E-state index in [4.69, 9.17) is 4.74 Å². The molecule has 29 heavy (non-hydrogen) atoms. The SMILES string of the molecule is CC1CCCN1C(=O)c1ccc(OC2CCN(CCc3ccccc3)CC2)cc1. The summed E-state index contributed by atoms with van der Waals surface area (Å²) in [6.45, 7) is 6.29. The third-order valence-corrected chi connectivity index (χ3v) is 6.31. The van der Waals surface area contributed by atoms with Crippen LogP contribution in [0.5, 0.6) is 5.75 Å². The first-order valence-corrected chi connectivity index (χ1v) is 11.0. The van der Waals surface area contributed by atoms with Crippen molar-refractivity contribution < 1.29 is 9.53 Å². The van der Waals surface area contributed by atoms with Crippen molar-refractivity contribution >= 4 is 5.91 Å². The summed E-state index contributed by atoms with van der Waals surface area (Å²) in [5, 5.41) is 0. The molecule has 0 bridgehead atoms. The summed E-state index contributed by atoms with van der Waals surface area (Å²) in [6.07, 6.45) is 5.71. The van der Waals surface area contributed by atoms with Gasteiger partial charge in [0.1, 0.15) is 11.9 Å². The van der Waals surface area contributed by atoms with Crippen molar-refractivity contribution in [1.29, 1.82) is 0 Å². The van der Waals surface area contributed by atoms with Gasteiger partial charge in [-0.05, 0) is 68.9 Å². The van der Waals surface area contributed by atoms with Crippen molar-refractivity contribution in [3.8, 4) is 5.75 Å². The van der Waals surface area contributed by atoms with Crippen molar-refractivity contribution in [3.63, 3.8) is 0 Å². The third-order valence-electron chi connectivity index (χ3n) is 6.31. The van der Waals surface area contributed by atoms with Gasteiger partial charge in [0.25, 0.3) is 5.91 Å². The molecule has 2 fully saturated rings. The maximum atomic E-state index is 12.6. The molecule has 0 saturated carbocycles. The summed E-state index contributed by atoms with van der Waals surface area (Å²) in [6, 6.07) is 18.8.